The molecule has 0 amide bonds. The van der Waals surface area contributed by atoms with Gasteiger partial charge in [-0.2, -0.15) is 10.1 Å². The highest BCUT2D eigenvalue weighted by molar-refractivity contribution is 5.45. The van der Waals surface area contributed by atoms with Crippen molar-refractivity contribution in [3.63, 3.8) is 0 Å². The number of aromatic nitrogens is 3. The molecule has 3 aromatic rings. The van der Waals surface area contributed by atoms with E-state index in [-0.39, 0.29) is 0 Å². The van der Waals surface area contributed by atoms with Gasteiger partial charge in [0.1, 0.15) is 0 Å². The molecule has 0 spiro atoms. The van der Waals surface area contributed by atoms with Gasteiger partial charge in [-0.3, -0.25) is 0 Å². The van der Waals surface area contributed by atoms with Crippen molar-refractivity contribution in [2.45, 2.75) is 19.4 Å². The van der Waals surface area contributed by atoms with Crippen molar-refractivity contribution in [1.82, 2.24) is 15.2 Å². The summed E-state index contributed by atoms with van der Waals surface area (Å²) >= 11 is 0. The molecule has 0 aliphatic carbocycles. The SMILES string of the molecule is c1ccc(CCNc2nncc(N3CCc4ccccc4C3)n2)cc1. The van der Waals surface area contributed by atoms with Crippen molar-refractivity contribution in [1.29, 1.82) is 0 Å². The Hall–Kier alpha value is -2.95. The standard InChI is InChI=1S/C20H21N5/c1-2-6-16(7-3-1)10-12-21-20-23-19(14-22-24-20)25-13-11-17-8-4-5-9-18(17)15-25/h1-9,14H,10-13,15H2,(H,21,23,24). The van der Waals surface area contributed by atoms with Gasteiger partial charge >= 0.3 is 0 Å². The molecule has 0 saturated heterocycles. The van der Waals surface area contributed by atoms with Crippen molar-refractivity contribution < 1.29 is 0 Å². The predicted octanol–water partition coefficient (Wildman–Crippen LogP) is 3.09. The van der Waals surface area contributed by atoms with E-state index in [1.807, 2.05) is 6.07 Å². The first-order valence-corrected chi connectivity index (χ1v) is 8.68. The summed E-state index contributed by atoms with van der Waals surface area (Å²) in [5.41, 5.74) is 4.10. The summed E-state index contributed by atoms with van der Waals surface area (Å²) in [4.78, 5) is 6.91. The molecule has 126 valence electrons. The van der Waals surface area contributed by atoms with Crippen LogP contribution in [0.4, 0.5) is 11.8 Å². The lowest BCUT2D eigenvalue weighted by Gasteiger charge is -2.29. The maximum atomic E-state index is 4.64. The van der Waals surface area contributed by atoms with E-state index >= 15 is 0 Å². The average Bonchev–Trinajstić information content (AvgIpc) is 2.69. The van der Waals surface area contributed by atoms with E-state index < -0.39 is 0 Å². The largest absolute Gasteiger partial charge is 0.353 e. The summed E-state index contributed by atoms with van der Waals surface area (Å²) in [5.74, 6) is 1.47. The maximum absolute atomic E-state index is 4.64. The number of nitrogens with zero attached hydrogens (tertiary/aromatic N) is 4. The second kappa shape index (κ2) is 7.30. The first-order valence-electron chi connectivity index (χ1n) is 8.68. The lowest BCUT2D eigenvalue weighted by Crippen LogP contribution is -2.31. The van der Waals surface area contributed by atoms with Crippen LogP contribution in [0.3, 0.4) is 0 Å². The molecule has 0 saturated carbocycles. The lowest BCUT2D eigenvalue weighted by atomic mass is 10.0. The van der Waals surface area contributed by atoms with Crippen LogP contribution in [-0.4, -0.2) is 28.3 Å². The molecule has 5 nitrogen and oxygen atoms in total. The zero-order chi connectivity index (χ0) is 16.9. The van der Waals surface area contributed by atoms with Gasteiger partial charge in [-0.25, -0.2) is 0 Å². The molecule has 1 aliphatic heterocycles. The number of hydrogen-bond acceptors (Lipinski definition) is 5. The van der Waals surface area contributed by atoms with Crippen LogP contribution in [0.15, 0.2) is 60.8 Å². The molecule has 0 radical (unpaired) electrons. The van der Waals surface area contributed by atoms with E-state index in [1.54, 1.807) is 6.20 Å². The van der Waals surface area contributed by atoms with Gasteiger partial charge < -0.3 is 10.2 Å². The van der Waals surface area contributed by atoms with Crippen molar-refractivity contribution in [3.8, 4) is 0 Å². The predicted molar refractivity (Wildman–Crippen MR) is 99.7 cm³/mol. The van der Waals surface area contributed by atoms with Crippen molar-refractivity contribution in [2.75, 3.05) is 23.3 Å². The number of anilines is 2. The first kappa shape index (κ1) is 15.6. The summed E-state index contributed by atoms with van der Waals surface area (Å²) in [6.45, 7) is 2.62. The van der Waals surface area contributed by atoms with Crippen molar-refractivity contribution in [2.24, 2.45) is 0 Å². The van der Waals surface area contributed by atoms with Crippen LogP contribution in [0.2, 0.25) is 0 Å². The van der Waals surface area contributed by atoms with Crippen molar-refractivity contribution >= 4 is 11.8 Å². The second-order valence-corrected chi connectivity index (χ2v) is 6.24. The van der Waals surface area contributed by atoms with E-state index in [0.29, 0.717) is 5.95 Å². The van der Waals surface area contributed by atoms with E-state index in [4.69, 9.17) is 0 Å². The Morgan fingerprint density at radius 3 is 2.64 bits per heavy atom. The van der Waals surface area contributed by atoms with Crippen LogP contribution in [0.25, 0.3) is 0 Å². The van der Waals surface area contributed by atoms with Crippen LogP contribution < -0.4 is 10.2 Å². The third-order valence-corrected chi connectivity index (χ3v) is 4.54. The van der Waals surface area contributed by atoms with Gasteiger partial charge in [-0.15, -0.1) is 5.10 Å². The molecule has 2 heterocycles. The van der Waals surface area contributed by atoms with Gasteiger partial charge in [0.15, 0.2) is 5.82 Å². The highest BCUT2D eigenvalue weighted by atomic mass is 15.3. The Morgan fingerprint density at radius 1 is 0.960 bits per heavy atom. The molecule has 25 heavy (non-hydrogen) atoms. The van der Waals surface area contributed by atoms with E-state index in [0.717, 1.165) is 38.3 Å². The zero-order valence-corrected chi connectivity index (χ0v) is 14.1. The molecular formula is C20H21N5. The van der Waals surface area contributed by atoms with Gasteiger partial charge in [0.25, 0.3) is 0 Å². The van der Waals surface area contributed by atoms with Crippen LogP contribution >= 0.6 is 0 Å². The van der Waals surface area contributed by atoms with E-state index in [2.05, 4.69) is 73.9 Å². The summed E-state index contributed by atoms with van der Waals surface area (Å²) in [5, 5.41) is 11.5. The van der Waals surface area contributed by atoms with E-state index in [9.17, 15) is 0 Å². The Kier molecular flexibility index (Phi) is 4.55. The molecule has 1 aromatic heterocycles. The molecule has 1 aliphatic rings. The number of fused-ring (bicyclic) bond motifs is 1. The zero-order valence-electron chi connectivity index (χ0n) is 14.1. The minimum absolute atomic E-state index is 0.590. The summed E-state index contributed by atoms with van der Waals surface area (Å²) < 4.78 is 0. The third-order valence-electron chi connectivity index (χ3n) is 4.54. The minimum atomic E-state index is 0.590. The highest BCUT2D eigenvalue weighted by Gasteiger charge is 2.17. The van der Waals surface area contributed by atoms with Gasteiger partial charge in [0, 0.05) is 19.6 Å². The molecule has 0 atom stereocenters. The number of rotatable bonds is 5. The molecule has 0 bridgehead atoms. The van der Waals surface area contributed by atoms with Gasteiger partial charge in [-0.05, 0) is 29.5 Å². The van der Waals surface area contributed by atoms with Crippen molar-refractivity contribution in [3.05, 3.63) is 77.5 Å². The molecule has 0 fully saturated rings. The maximum Gasteiger partial charge on any atom is 0.244 e. The summed E-state index contributed by atoms with van der Waals surface area (Å²) in [6, 6.07) is 19.0. The number of nitrogens with one attached hydrogen (secondary N) is 1. The first-order chi connectivity index (χ1) is 12.4. The quantitative estimate of drug-likeness (QED) is 0.778. The number of benzene rings is 2. The molecule has 4 rings (SSSR count). The molecule has 5 heteroatoms. The third kappa shape index (κ3) is 3.76. The fourth-order valence-electron chi connectivity index (χ4n) is 3.18. The van der Waals surface area contributed by atoms with Crippen LogP contribution in [0.1, 0.15) is 16.7 Å². The smallest absolute Gasteiger partial charge is 0.244 e. The van der Waals surface area contributed by atoms with Gasteiger partial charge in [-0.1, -0.05) is 54.6 Å². The normalized spacial score (nSPS) is 13.4. The topological polar surface area (TPSA) is 53.9 Å². The molecule has 2 aromatic carbocycles. The molecule has 1 N–H and O–H groups in total. The number of hydrogen-bond donors (Lipinski definition) is 1. The minimum Gasteiger partial charge on any atom is -0.353 e. The van der Waals surface area contributed by atoms with Crippen LogP contribution in [-0.2, 0) is 19.4 Å². The Balaban J connectivity index is 1.40. The molecular weight excluding hydrogens is 310 g/mol. The highest BCUT2D eigenvalue weighted by Crippen LogP contribution is 2.22. The Bertz CT molecular complexity index is 834. The lowest BCUT2D eigenvalue weighted by molar-refractivity contribution is 0.714. The Labute approximate surface area is 147 Å². The van der Waals surface area contributed by atoms with Crippen LogP contribution in [0, 0.1) is 0 Å². The fraction of sp³-hybridized carbons (Fsp3) is 0.250. The monoisotopic (exact) mass is 331 g/mol. The fourth-order valence-corrected chi connectivity index (χ4v) is 3.18. The summed E-state index contributed by atoms with van der Waals surface area (Å²) in [7, 11) is 0. The second-order valence-electron chi connectivity index (χ2n) is 6.24. The van der Waals surface area contributed by atoms with E-state index in [1.165, 1.54) is 16.7 Å². The van der Waals surface area contributed by atoms with Gasteiger partial charge in [0.05, 0.1) is 6.20 Å². The van der Waals surface area contributed by atoms with Crippen LogP contribution in [0.5, 0.6) is 0 Å². The average molecular weight is 331 g/mol. The Morgan fingerprint density at radius 2 is 1.76 bits per heavy atom. The summed E-state index contributed by atoms with van der Waals surface area (Å²) in [6.07, 6.45) is 3.72. The van der Waals surface area contributed by atoms with Gasteiger partial charge in [0.2, 0.25) is 5.95 Å². The molecule has 0 unspecified atom stereocenters.